The van der Waals surface area contributed by atoms with Gasteiger partial charge in [-0.25, -0.2) is 4.98 Å². The lowest BCUT2D eigenvalue weighted by atomic mass is 9.87. The highest BCUT2D eigenvalue weighted by Gasteiger charge is 2.18. The summed E-state index contributed by atoms with van der Waals surface area (Å²) in [6.45, 7) is 0.865. The van der Waals surface area contributed by atoms with E-state index in [1.54, 1.807) is 11.3 Å². The van der Waals surface area contributed by atoms with Crippen LogP contribution in [0.1, 0.15) is 48.7 Å². The van der Waals surface area contributed by atoms with Gasteiger partial charge in [0.1, 0.15) is 11.6 Å². The number of carbonyl (C=O) groups is 1. The molecule has 0 radical (unpaired) electrons. The summed E-state index contributed by atoms with van der Waals surface area (Å²) >= 11 is 1.66. The van der Waals surface area contributed by atoms with Crippen LogP contribution in [0.2, 0.25) is 0 Å². The zero-order valence-electron chi connectivity index (χ0n) is 14.3. The van der Waals surface area contributed by atoms with E-state index in [1.165, 1.54) is 37.8 Å². The van der Waals surface area contributed by atoms with E-state index in [4.69, 9.17) is 4.98 Å². The minimum Gasteiger partial charge on any atom is -0.348 e. The van der Waals surface area contributed by atoms with Crippen molar-refractivity contribution in [1.29, 1.82) is 0 Å². The van der Waals surface area contributed by atoms with Gasteiger partial charge in [-0.1, -0.05) is 37.5 Å². The van der Waals surface area contributed by atoms with Crippen LogP contribution in [0.25, 0.3) is 10.9 Å². The van der Waals surface area contributed by atoms with Gasteiger partial charge in [0.25, 0.3) is 0 Å². The summed E-state index contributed by atoms with van der Waals surface area (Å²) in [5.74, 6) is 0.649. The van der Waals surface area contributed by atoms with Gasteiger partial charge in [-0.2, -0.15) is 0 Å². The minimum atomic E-state index is 0.0239. The molecule has 2 aromatic heterocycles. The van der Waals surface area contributed by atoms with E-state index in [-0.39, 0.29) is 5.91 Å². The van der Waals surface area contributed by atoms with Crippen LogP contribution in [-0.4, -0.2) is 15.5 Å². The molecule has 4 rings (SSSR count). The van der Waals surface area contributed by atoms with Gasteiger partial charge in [-0.15, -0.1) is 11.3 Å². The highest BCUT2D eigenvalue weighted by molar-refractivity contribution is 7.09. The quantitative estimate of drug-likeness (QED) is 0.736. The smallest absolute Gasteiger partial charge is 0.240 e. The average molecular weight is 353 g/mol. The summed E-state index contributed by atoms with van der Waals surface area (Å²) in [7, 11) is 0. The van der Waals surface area contributed by atoms with Crippen LogP contribution in [0, 0.1) is 0 Å². The Morgan fingerprint density at radius 1 is 1.20 bits per heavy atom. The first kappa shape index (κ1) is 16.3. The van der Waals surface area contributed by atoms with E-state index in [2.05, 4.69) is 16.8 Å². The first-order valence-electron chi connectivity index (χ1n) is 9.04. The number of benzene rings is 1. The highest BCUT2D eigenvalue weighted by atomic mass is 32.1. The van der Waals surface area contributed by atoms with Crippen molar-refractivity contribution >= 4 is 28.1 Å². The Bertz CT molecular complexity index is 861. The molecule has 1 fully saturated rings. The fraction of sp³-hybridized carbons (Fsp3) is 0.400. The van der Waals surface area contributed by atoms with Gasteiger partial charge in [0, 0.05) is 23.0 Å². The molecule has 1 aromatic carbocycles. The molecular weight excluding hydrogens is 330 g/mol. The second kappa shape index (κ2) is 7.40. The molecule has 2 heterocycles. The second-order valence-electron chi connectivity index (χ2n) is 6.78. The van der Waals surface area contributed by atoms with Crippen LogP contribution in [0.5, 0.6) is 0 Å². The van der Waals surface area contributed by atoms with Gasteiger partial charge in [0.2, 0.25) is 5.91 Å². The first-order valence-corrected chi connectivity index (χ1v) is 9.92. The molecule has 0 spiro atoms. The molecule has 0 bridgehead atoms. The van der Waals surface area contributed by atoms with Gasteiger partial charge in [-0.05, 0) is 30.4 Å². The third kappa shape index (κ3) is 3.76. The molecule has 1 aliphatic rings. The Kier molecular flexibility index (Phi) is 4.83. The lowest BCUT2D eigenvalue weighted by molar-refractivity contribution is -0.121. The van der Waals surface area contributed by atoms with Crippen molar-refractivity contribution in [2.45, 2.75) is 51.1 Å². The topological polar surface area (TPSA) is 46.9 Å². The predicted octanol–water partition coefficient (Wildman–Crippen LogP) is 4.46. The van der Waals surface area contributed by atoms with Crippen molar-refractivity contribution in [3.63, 3.8) is 0 Å². The molecule has 3 aromatic rings. The minimum absolute atomic E-state index is 0.0239. The van der Waals surface area contributed by atoms with Gasteiger partial charge in [-0.3, -0.25) is 4.79 Å². The number of fused-ring (bicyclic) bond motifs is 1. The summed E-state index contributed by atoms with van der Waals surface area (Å²) in [5.41, 5.74) is 2.32. The van der Waals surface area contributed by atoms with Crippen LogP contribution < -0.4 is 5.32 Å². The molecule has 4 nitrogen and oxygen atoms in total. The van der Waals surface area contributed by atoms with E-state index in [0.717, 1.165) is 15.9 Å². The van der Waals surface area contributed by atoms with Gasteiger partial charge >= 0.3 is 0 Å². The zero-order valence-corrected chi connectivity index (χ0v) is 15.1. The third-order valence-electron chi connectivity index (χ3n) is 5.02. The molecule has 0 saturated heterocycles. The number of rotatable bonds is 5. The monoisotopic (exact) mass is 353 g/mol. The largest absolute Gasteiger partial charge is 0.348 e. The second-order valence-corrected chi connectivity index (χ2v) is 7.72. The van der Waals surface area contributed by atoms with E-state index in [0.29, 0.717) is 19.0 Å². The molecule has 0 atom stereocenters. The Morgan fingerprint density at radius 3 is 2.92 bits per heavy atom. The molecule has 0 unspecified atom stereocenters. The summed E-state index contributed by atoms with van der Waals surface area (Å²) in [5, 5.41) is 7.35. The number of carbonyl (C=O) groups excluding carboxylic acids is 1. The van der Waals surface area contributed by atoms with Crippen LogP contribution in [0.3, 0.4) is 0 Å². The van der Waals surface area contributed by atoms with Crippen molar-refractivity contribution in [3.8, 4) is 0 Å². The summed E-state index contributed by atoms with van der Waals surface area (Å²) in [6, 6.07) is 10.2. The average Bonchev–Trinajstić information content (AvgIpc) is 3.28. The molecule has 5 heteroatoms. The maximum Gasteiger partial charge on any atom is 0.240 e. The standard InChI is InChI=1S/C20H23N3OS/c24-19(13-23-11-10-16-8-4-5-9-18(16)23)21-12-20-22-17(14-25-20)15-6-2-1-3-7-15/h4-5,8-11,14-15H,1-3,6-7,12-13H2,(H,21,24). The summed E-state index contributed by atoms with van der Waals surface area (Å²) < 4.78 is 1.99. The molecule has 1 saturated carbocycles. The van der Waals surface area contributed by atoms with Crippen LogP contribution in [0.15, 0.2) is 41.9 Å². The lowest BCUT2D eigenvalue weighted by Gasteiger charge is -2.19. The van der Waals surface area contributed by atoms with Gasteiger partial charge < -0.3 is 9.88 Å². The van der Waals surface area contributed by atoms with Gasteiger partial charge in [0.05, 0.1) is 12.2 Å². The predicted molar refractivity (Wildman–Crippen MR) is 102 cm³/mol. The number of hydrogen-bond acceptors (Lipinski definition) is 3. The number of hydrogen-bond donors (Lipinski definition) is 1. The molecule has 1 amide bonds. The maximum atomic E-state index is 12.3. The fourth-order valence-electron chi connectivity index (χ4n) is 3.66. The van der Waals surface area contributed by atoms with Crippen molar-refractivity contribution in [2.75, 3.05) is 0 Å². The van der Waals surface area contributed by atoms with Crippen molar-refractivity contribution in [1.82, 2.24) is 14.9 Å². The van der Waals surface area contributed by atoms with Crippen LogP contribution in [0.4, 0.5) is 0 Å². The van der Waals surface area contributed by atoms with E-state index in [1.807, 2.05) is 35.0 Å². The zero-order chi connectivity index (χ0) is 17.1. The highest BCUT2D eigenvalue weighted by Crippen LogP contribution is 2.32. The Labute approximate surface area is 151 Å². The fourth-order valence-corrected chi connectivity index (χ4v) is 4.47. The number of para-hydroxylation sites is 1. The Morgan fingerprint density at radius 2 is 2.04 bits per heavy atom. The lowest BCUT2D eigenvalue weighted by Crippen LogP contribution is -2.26. The number of aromatic nitrogens is 2. The molecule has 1 N–H and O–H groups in total. The van der Waals surface area contributed by atoms with Crippen LogP contribution >= 0.6 is 11.3 Å². The molecule has 25 heavy (non-hydrogen) atoms. The van der Waals surface area contributed by atoms with Gasteiger partial charge in [0.15, 0.2) is 0 Å². The number of amides is 1. The van der Waals surface area contributed by atoms with Crippen LogP contribution in [-0.2, 0) is 17.9 Å². The van der Waals surface area contributed by atoms with E-state index >= 15 is 0 Å². The molecule has 1 aliphatic carbocycles. The number of thiazole rings is 1. The van der Waals surface area contributed by atoms with E-state index in [9.17, 15) is 4.79 Å². The van der Waals surface area contributed by atoms with Crippen molar-refractivity contribution < 1.29 is 4.79 Å². The first-order chi connectivity index (χ1) is 12.3. The maximum absolute atomic E-state index is 12.3. The SMILES string of the molecule is O=C(Cn1ccc2ccccc21)NCc1nc(C2CCCCC2)cs1. The summed E-state index contributed by atoms with van der Waals surface area (Å²) in [6.07, 6.45) is 8.48. The Hall–Kier alpha value is -2.14. The number of nitrogens with zero attached hydrogens (tertiary/aromatic N) is 2. The molecule has 0 aliphatic heterocycles. The Balaban J connectivity index is 1.33. The molecular formula is C20H23N3OS. The normalized spacial score (nSPS) is 15.5. The van der Waals surface area contributed by atoms with E-state index < -0.39 is 0 Å². The summed E-state index contributed by atoms with van der Waals surface area (Å²) in [4.78, 5) is 17.0. The molecule has 130 valence electrons. The number of nitrogens with one attached hydrogen (secondary N) is 1. The van der Waals surface area contributed by atoms with Crippen molar-refractivity contribution in [2.24, 2.45) is 0 Å². The van der Waals surface area contributed by atoms with Crippen molar-refractivity contribution in [3.05, 3.63) is 52.6 Å². The third-order valence-corrected chi connectivity index (χ3v) is 5.89.